The minimum atomic E-state index is -4.73. The Morgan fingerprint density at radius 1 is 0.963 bits per heavy atom. The third-order valence-corrected chi connectivity index (χ3v) is 4.16. The summed E-state index contributed by atoms with van der Waals surface area (Å²) in [6.07, 6.45) is -0.395. The molecule has 11 heteroatoms. The van der Waals surface area contributed by atoms with Gasteiger partial charge in [0.15, 0.2) is 11.6 Å². The second-order valence-electron chi connectivity index (χ2n) is 6.16. The minimum Gasteiger partial charge on any atom is -0.406 e. The Bertz CT molecular complexity index is 922. The number of benzene rings is 1. The van der Waals surface area contributed by atoms with E-state index in [0.29, 0.717) is 17.3 Å². The number of rotatable bonds is 5. The highest BCUT2D eigenvalue weighted by molar-refractivity contribution is 5.76. The van der Waals surface area contributed by atoms with Crippen LogP contribution in [0.2, 0.25) is 0 Å². The molecule has 0 aliphatic heterocycles. The Morgan fingerprint density at radius 2 is 1.59 bits per heavy atom. The van der Waals surface area contributed by atoms with Crippen LogP contribution in [-0.2, 0) is 0 Å². The van der Waals surface area contributed by atoms with Gasteiger partial charge in [-0.15, -0.1) is 13.2 Å². The van der Waals surface area contributed by atoms with E-state index in [-0.39, 0.29) is 23.1 Å². The third-order valence-electron chi connectivity index (χ3n) is 4.16. The zero-order chi connectivity index (χ0) is 18.9. The zero-order valence-electron chi connectivity index (χ0n) is 14.0. The van der Waals surface area contributed by atoms with Crippen molar-refractivity contribution in [2.75, 3.05) is 10.6 Å². The number of fused-ring (bicyclic) bond motifs is 1. The quantitative estimate of drug-likeness (QED) is 0.685. The van der Waals surface area contributed by atoms with Crippen LogP contribution in [0.3, 0.4) is 0 Å². The second-order valence-corrected chi connectivity index (χ2v) is 6.16. The number of ether oxygens (including phenoxy) is 1. The SMILES string of the molecule is FC(F)(F)Oc1ccc(Nc2nc3nonc3nc2NC2CCCC2)cc1. The summed E-state index contributed by atoms with van der Waals surface area (Å²) in [6, 6.07) is 5.60. The maximum atomic E-state index is 12.3. The first-order valence-electron chi connectivity index (χ1n) is 8.36. The molecule has 2 heterocycles. The van der Waals surface area contributed by atoms with Crippen LogP contribution in [0, 0.1) is 0 Å². The van der Waals surface area contributed by atoms with E-state index in [9.17, 15) is 13.2 Å². The van der Waals surface area contributed by atoms with Gasteiger partial charge in [-0.25, -0.2) is 14.6 Å². The van der Waals surface area contributed by atoms with Crippen molar-refractivity contribution in [3.05, 3.63) is 24.3 Å². The first kappa shape index (κ1) is 17.3. The summed E-state index contributed by atoms with van der Waals surface area (Å²) in [5.74, 6) is 0.565. The Morgan fingerprint density at radius 3 is 2.22 bits per heavy atom. The van der Waals surface area contributed by atoms with E-state index in [1.54, 1.807) is 0 Å². The molecule has 0 saturated heterocycles. The molecule has 0 spiro atoms. The van der Waals surface area contributed by atoms with Gasteiger partial charge < -0.3 is 15.4 Å². The maximum Gasteiger partial charge on any atom is 0.573 e. The fourth-order valence-corrected chi connectivity index (χ4v) is 2.97. The molecule has 4 rings (SSSR count). The van der Waals surface area contributed by atoms with Gasteiger partial charge in [0.25, 0.3) is 0 Å². The third kappa shape index (κ3) is 4.18. The van der Waals surface area contributed by atoms with Gasteiger partial charge in [-0.05, 0) is 47.4 Å². The Hall–Kier alpha value is -3.11. The molecule has 1 aromatic carbocycles. The van der Waals surface area contributed by atoms with E-state index >= 15 is 0 Å². The predicted molar refractivity (Wildman–Crippen MR) is 89.7 cm³/mol. The molecule has 8 nitrogen and oxygen atoms in total. The van der Waals surface area contributed by atoms with E-state index in [2.05, 4.69) is 40.3 Å². The van der Waals surface area contributed by atoms with Crippen LogP contribution in [-0.4, -0.2) is 32.7 Å². The molecule has 0 bridgehead atoms. The number of hydrogen-bond donors (Lipinski definition) is 2. The van der Waals surface area contributed by atoms with Gasteiger partial charge in [-0.2, -0.15) is 0 Å². The van der Waals surface area contributed by atoms with Crippen LogP contribution in [0.15, 0.2) is 28.9 Å². The van der Waals surface area contributed by atoms with Crippen molar-refractivity contribution >= 4 is 28.6 Å². The van der Waals surface area contributed by atoms with Crippen molar-refractivity contribution in [3.8, 4) is 5.75 Å². The lowest BCUT2D eigenvalue weighted by molar-refractivity contribution is -0.274. The van der Waals surface area contributed by atoms with Crippen LogP contribution < -0.4 is 15.4 Å². The van der Waals surface area contributed by atoms with Crippen LogP contribution in [0.1, 0.15) is 25.7 Å². The molecule has 0 unspecified atom stereocenters. The van der Waals surface area contributed by atoms with Crippen molar-refractivity contribution in [2.45, 2.75) is 38.1 Å². The molecular formula is C16H15F3N6O2. The van der Waals surface area contributed by atoms with Crippen molar-refractivity contribution in [3.63, 3.8) is 0 Å². The lowest BCUT2D eigenvalue weighted by atomic mass is 10.2. The maximum absolute atomic E-state index is 12.3. The Balaban J connectivity index is 1.58. The monoisotopic (exact) mass is 380 g/mol. The number of halogens is 3. The van der Waals surface area contributed by atoms with Gasteiger partial charge in [0.2, 0.25) is 11.3 Å². The molecule has 3 aromatic rings. The van der Waals surface area contributed by atoms with Crippen LogP contribution in [0.5, 0.6) is 5.75 Å². The van der Waals surface area contributed by atoms with Gasteiger partial charge in [0.1, 0.15) is 5.75 Å². The summed E-state index contributed by atoms with van der Waals surface area (Å²) >= 11 is 0. The highest BCUT2D eigenvalue weighted by Crippen LogP contribution is 2.29. The van der Waals surface area contributed by atoms with E-state index in [4.69, 9.17) is 0 Å². The molecule has 1 aliphatic carbocycles. The summed E-state index contributed by atoms with van der Waals surface area (Å²) in [4.78, 5) is 8.72. The molecule has 27 heavy (non-hydrogen) atoms. The van der Waals surface area contributed by atoms with E-state index in [0.717, 1.165) is 25.7 Å². The van der Waals surface area contributed by atoms with Crippen molar-refractivity contribution in [1.82, 2.24) is 20.3 Å². The van der Waals surface area contributed by atoms with Gasteiger partial charge >= 0.3 is 6.36 Å². The summed E-state index contributed by atoms with van der Waals surface area (Å²) < 4.78 is 45.3. The molecule has 1 saturated carbocycles. The second kappa shape index (κ2) is 6.89. The largest absolute Gasteiger partial charge is 0.573 e. The number of aromatic nitrogens is 4. The van der Waals surface area contributed by atoms with Crippen LogP contribution in [0.4, 0.5) is 30.5 Å². The Kier molecular flexibility index (Phi) is 4.42. The zero-order valence-corrected chi connectivity index (χ0v) is 14.0. The molecule has 1 aliphatic rings. The predicted octanol–water partition coefficient (Wildman–Crippen LogP) is 4.01. The van der Waals surface area contributed by atoms with Gasteiger partial charge in [-0.1, -0.05) is 12.8 Å². The molecular weight excluding hydrogens is 365 g/mol. The van der Waals surface area contributed by atoms with Crippen molar-refractivity contribution in [2.24, 2.45) is 0 Å². The highest BCUT2D eigenvalue weighted by atomic mass is 19.4. The van der Waals surface area contributed by atoms with Gasteiger partial charge in [0.05, 0.1) is 0 Å². The normalized spacial score (nSPS) is 15.2. The van der Waals surface area contributed by atoms with Crippen molar-refractivity contribution < 1.29 is 22.5 Å². The smallest absolute Gasteiger partial charge is 0.406 e. The van der Waals surface area contributed by atoms with Crippen LogP contribution in [0.25, 0.3) is 11.3 Å². The summed E-state index contributed by atoms with van der Waals surface area (Å²) in [6.45, 7) is 0. The molecule has 0 radical (unpaired) electrons. The average molecular weight is 380 g/mol. The van der Waals surface area contributed by atoms with E-state index < -0.39 is 6.36 Å². The highest BCUT2D eigenvalue weighted by Gasteiger charge is 2.31. The lowest BCUT2D eigenvalue weighted by Crippen LogP contribution is -2.17. The number of alkyl halides is 3. The summed E-state index contributed by atoms with van der Waals surface area (Å²) in [5, 5.41) is 13.7. The molecule has 0 atom stereocenters. The van der Waals surface area contributed by atoms with Crippen molar-refractivity contribution in [1.29, 1.82) is 0 Å². The van der Waals surface area contributed by atoms with E-state index in [1.165, 1.54) is 24.3 Å². The standard InChI is InChI=1S/C16H15F3N6O2/c17-16(18,19)26-11-7-5-10(6-8-11)21-13-12(20-9-3-1-2-4-9)22-14-15(23-13)25-27-24-14/h5-9H,1-4H2,(H,20,22,24)(H,21,23,25). The summed E-state index contributed by atoms with van der Waals surface area (Å²) in [7, 11) is 0. The minimum absolute atomic E-state index is 0.228. The first-order chi connectivity index (χ1) is 13.0. The number of nitrogens with zero attached hydrogens (tertiary/aromatic N) is 4. The van der Waals surface area contributed by atoms with Crippen LogP contribution >= 0.6 is 0 Å². The molecule has 2 aromatic heterocycles. The van der Waals surface area contributed by atoms with Gasteiger partial charge in [-0.3, -0.25) is 0 Å². The number of nitrogens with one attached hydrogen (secondary N) is 2. The topological polar surface area (TPSA) is 98.0 Å². The number of hydrogen-bond acceptors (Lipinski definition) is 8. The molecule has 1 fully saturated rings. The number of anilines is 3. The fourth-order valence-electron chi connectivity index (χ4n) is 2.97. The van der Waals surface area contributed by atoms with Gasteiger partial charge in [0, 0.05) is 11.7 Å². The average Bonchev–Trinajstić information content (AvgIpc) is 3.27. The first-order valence-corrected chi connectivity index (χ1v) is 8.36. The molecule has 0 amide bonds. The Labute approximate surface area is 151 Å². The fraction of sp³-hybridized carbons (Fsp3) is 0.375. The lowest BCUT2D eigenvalue weighted by Gasteiger charge is -2.16. The summed E-state index contributed by atoms with van der Waals surface area (Å²) in [5.41, 5.74) is 1.02. The molecule has 142 valence electrons. The molecule has 2 N–H and O–H groups in total. The van der Waals surface area contributed by atoms with E-state index in [1.807, 2.05) is 0 Å².